The van der Waals surface area contributed by atoms with E-state index in [1.807, 2.05) is 19.2 Å². The maximum Gasteiger partial charge on any atom is 0.335 e. The minimum absolute atomic E-state index is 0.278. The number of rotatable bonds is 4. The van der Waals surface area contributed by atoms with Gasteiger partial charge >= 0.3 is 5.97 Å². The van der Waals surface area contributed by atoms with Crippen LogP contribution in [0.15, 0.2) is 42.5 Å². The molecular formula is C19H16ClFN2O2. The van der Waals surface area contributed by atoms with Crippen molar-refractivity contribution in [1.29, 1.82) is 0 Å². The van der Waals surface area contributed by atoms with Crippen LogP contribution >= 0.6 is 11.6 Å². The van der Waals surface area contributed by atoms with Gasteiger partial charge in [0.1, 0.15) is 5.82 Å². The predicted octanol–water partition coefficient (Wildman–Crippen LogP) is 4.48. The van der Waals surface area contributed by atoms with Crippen LogP contribution in [-0.4, -0.2) is 20.9 Å². The second kappa shape index (κ2) is 6.69. The lowest BCUT2D eigenvalue weighted by Gasteiger charge is -2.05. The van der Waals surface area contributed by atoms with Gasteiger partial charge in [-0.1, -0.05) is 17.7 Å². The second-order valence-corrected chi connectivity index (χ2v) is 6.37. The third-order valence-electron chi connectivity index (χ3n) is 3.99. The maximum atomic E-state index is 13.5. The number of nitrogens with zero attached hydrogens (tertiary/aromatic N) is 2. The first-order chi connectivity index (χ1) is 11.8. The van der Waals surface area contributed by atoms with Crippen LogP contribution in [0.4, 0.5) is 4.39 Å². The fraction of sp³-hybridized carbons (Fsp3) is 0.158. The molecule has 0 radical (unpaired) electrons. The normalized spacial score (nSPS) is 10.9. The number of hydrogen-bond donors (Lipinski definition) is 1. The summed E-state index contributed by atoms with van der Waals surface area (Å²) in [6, 6.07) is 11.5. The number of aromatic carboxylic acids is 1. The number of benzene rings is 2. The van der Waals surface area contributed by atoms with Gasteiger partial charge in [0.2, 0.25) is 0 Å². The monoisotopic (exact) mass is 358 g/mol. The van der Waals surface area contributed by atoms with Crippen LogP contribution in [0.5, 0.6) is 0 Å². The summed E-state index contributed by atoms with van der Waals surface area (Å²) in [7, 11) is 1.82. The SMILES string of the molecule is Cc1cc(-c2cc(Cc3cc(F)cc(Cl)c3)nn2C)ccc1C(=O)O. The molecule has 0 saturated carbocycles. The Morgan fingerprint density at radius 2 is 2.00 bits per heavy atom. The zero-order valence-electron chi connectivity index (χ0n) is 13.8. The van der Waals surface area contributed by atoms with Gasteiger partial charge in [-0.3, -0.25) is 4.68 Å². The van der Waals surface area contributed by atoms with Crippen molar-refractivity contribution in [2.45, 2.75) is 13.3 Å². The van der Waals surface area contributed by atoms with E-state index in [4.69, 9.17) is 16.7 Å². The van der Waals surface area contributed by atoms with Crippen molar-refractivity contribution in [3.8, 4) is 11.3 Å². The zero-order chi connectivity index (χ0) is 18.1. The summed E-state index contributed by atoms with van der Waals surface area (Å²) in [5, 5.41) is 14.0. The summed E-state index contributed by atoms with van der Waals surface area (Å²) in [5.41, 5.74) is 4.22. The van der Waals surface area contributed by atoms with Gasteiger partial charge in [-0.2, -0.15) is 5.10 Å². The van der Waals surface area contributed by atoms with E-state index >= 15 is 0 Å². The third-order valence-corrected chi connectivity index (χ3v) is 4.21. The Morgan fingerprint density at radius 1 is 1.24 bits per heavy atom. The Hall–Kier alpha value is -2.66. The Kier molecular flexibility index (Phi) is 4.59. The van der Waals surface area contributed by atoms with Crippen molar-refractivity contribution < 1.29 is 14.3 Å². The molecule has 0 amide bonds. The van der Waals surface area contributed by atoms with Crippen LogP contribution in [0.3, 0.4) is 0 Å². The number of hydrogen-bond acceptors (Lipinski definition) is 2. The Balaban J connectivity index is 1.92. The van der Waals surface area contributed by atoms with E-state index in [1.165, 1.54) is 12.1 Å². The van der Waals surface area contributed by atoms with Gasteiger partial charge in [0.05, 0.1) is 17.0 Å². The predicted molar refractivity (Wildman–Crippen MR) is 94.6 cm³/mol. The maximum absolute atomic E-state index is 13.5. The molecule has 0 atom stereocenters. The minimum Gasteiger partial charge on any atom is -0.478 e. The molecule has 1 heterocycles. The Bertz CT molecular complexity index is 946. The highest BCUT2D eigenvalue weighted by atomic mass is 35.5. The van der Waals surface area contributed by atoms with Gasteiger partial charge in [-0.25, -0.2) is 9.18 Å². The molecule has 0 aliphatic heterocycles. The van der Waals surface area contributed by atoms with Crippen molar-refractivity contribution >= 4 is 17.6 Å². The smallest absolute Gasteiger partial charge is 0.335 e. The highest BCUT2D eigenvalue weighted by Gasteiger charge is 2.12. The van der Waals surface area contributed by atoms with E-state index in [-0.39, 0.29) is 11.4 Å². The van der Waals surface area contributed by atoms with Crippen molar-refractivity contribution in [3.05, 3.63) is 75.7 Å². The van der Waals surface area contributed by atoms with Gasteiger partial charge < -0.3 is 5.11 Å². The summed E-state index contributed by atoms with van der Waals surface area (Å²) >= 11 is 5.89. The molecular weight excluding hydrogens is 343 g/mol. The highest BCUT2D eigenvalue weighted by Crippen LogP contribution is 2.24. The van der Waals surface area contributed by atoms with Crippen LogP contribution in [0.2, 0.25) is 5.02 Å². The van der Waals surface area contributed by atoms with Crippen LogP contribution in [0.25, 0.3) is 11.3 Å². The number of aryl methyl sites for hydroxylation is 2. The molecule has 0 aliphatic carbocycles. The van der Waals surface area contributed by atoms with Gasteiger partial charge in [-0.15, -0.1) is 0 Å². The summed E-state index contributed by atoms with van der Waals surface area (Å²) in [6.45, 7) is 1.76. The van der Waals surface area contributed by atoms with E-state index in [2.05, 4.69) is 5.10 Å². The van der Waals surface area contributed by atoms with E-state index < -0.39 is 5.97 Å². The molecule has 2 aromatic carbocycles. The summed E-state index contributed by atoms with van der Waals surface area (Å²) in [4.78, 5) is 11.1. The molecule has 6 heteroatoms. The average Bonchev–Trinajstić information content (AvgIpc) is 2.86. The van der Waals surface area contributed by atoms with Gasteiger partial charge in [-0.05, 0) is 54.4 Å². The molecule has 3 aromatic rings. The van der Waals surface area contributed by atoms with E-state index in [0.717, 1.165) is 22.5 Å². The number of carboxylic acid groups (broad SMARTS) is 1. The molecule has 0 bridgehead atoms. The van der Waals surface area contributed by atoms with Crippen LogP contribution < -0.4 is 0 Å². The lowest BCUT2D eigenvalue weighted by atomic mass is 10.0. The highest BCUT2D eigenvalue weighted by molar-refractivity contribution is 6.30. The second-order valence-electron chi connectivity index (χ2n) is 5.93. The topological polar surface area (TPSA) is 55.1 Å². The molecule has 0 saturated heterocycles. The van der Waals surface area contributed by atoms with Crippen LogP contribution in [0.1, 0.15) is 27.2 Å². The van der Waals surface area contributed by atoms with Crippen molar-refractivity contribution in [2.75, 3.05) is 0 Å². The molecule has 128 valence electrons. The number of halogens is 2. The Labute approximate surface area is 149 Å². The van der Waals surface area contributed by atoms with Gasteiger partial charge in [0, 0.05) is 24.1 Å². The molecule has 25 heavy (non-hydrogen) atoms. The molecule has 3 rings (SSSR count). The fourth-order valence-corrected chi connectivity index (χ4v) is 3.11. The third kappa shape index (κ3) is 3.72. The lowest BCUT2D eigenvalue weighted by Crippen LogP contribution is -2.00. The number of carboxylic acids is 1. The summed E-state index contributed by atoms with van der Waals surface area (Å²) in [6.07, 6.45) is 0.456. The van der Waals surface area contributed by atoms with Crippen molar-refractivity contribution in [2.24, 2.45) is 7.05 Å². The van der Waals surface area contributed by atoms with Crippen molar-refractivity contribution in [3.63, 3.8) is 0 Å². The average molecular weight is 359 g/mol. The molecule has 4 nitrogen and oxygen atoms in total. The summed E-state index contributed by atoms with van der Waals surface area (Å²) < 4.78 is 15.2. The fourth-order valence-electron chi connectivity index (χ4n) is 2.87. The first-order valence-electron chi connectivity index (χ1n) is 7.65. The van der Waals surface area contributed by atoms with E-state index in [9.17, 15) is 9.18 Å². The number of carbonyl (C=O) groups is 1. The van der Waals surface area contributed by atoms with Crippen LogP contribution in [-0.2, 0) is 13.5 Å². The molecule has 0 spiro atoms. The molecule has 0 fully saturated rings. The molecule has 0 unspecified atom stereocenters. The first-order valence-corrected chi connectivity index (χ1v) is 8.03. The first kappa shape index (κ1) is 17.2. The quantitative estimate of drug-likeness (QED) is 0.748. The number of aromatic nitrogens is 2. The van der Waals surface area contributed by atoms with Crippen molar-refractivity contribution in [1.82, 2.24) is 9.78 Å². The Morgan fingerprint density at radius 3 is 2.64 bits per heavy atom. The van der Waals surface area contributed by atoms with E-state index in [0.29, 0.717) is 17.0 Å². The van der Waals surface area contributed by atoms with Gasteiger partial charge in [0.15, 0.2) is 0 Å². The molecule has 1 N–H and O–H groups in total. The zero-order valence-corrected chi connectivity index (χ0v) is 14.5. The molecule has 1 aromatic heterocycles. The van der Waals surface area contributed by atoms with E-state index in [1.54, 1.807) is 29.8 Å². The molecule has 0 aliphatic rings. The van der Waals surface area contributed by atoms with Gasteiger partial charge in [0.25, 0.3) is 0 Å². The summed E-state index contributed by atoms with van der Waals surface area (Å²) in [5.74, 6) is -1.32. The van der Waals surface area contributed by atoms with Crippen LogP contribution in [0, 0.1) is 12.7 Å². The lowest BCUT2D eigenvalue weighted by molar-refractivity contribution is 0.0696. The largest absolute Gasteiger partial charge is 0.478 e. The minimum atomic E-state index is -0.947. The standard InChI is InChI=1S/C19H16ClFN2O2/c1-11-5-13(3-4-17(11)19(24)25)18-10-16(22-23(18)2)8-12-6-14(20)9-15(21)7-12/h3-7,9-10H,8H2,1-2H3,(H,24,25).